The predicted octanol–water partition coefficient (Wildman–Crippen LogP) is 4.71. The molecule has 4 aromatic rings. The molecule has 0 unspecified atom stereocenters. The Labute approximate surface area is 254 Å². The van der Waals surface area contributed by atoms with E-state index in [1.807, 2.05) is 42.5 Å². The molecule has 0 aliphatic carbocycles. The summed E-state index contributed by atoms with van der Waals surface area (Å²) in [5.74, 6) is 3.53. The Balaban J connectivity index is 1.53. The standard InChI is InChI=1S/C31H34N4O7S/c1-37-22-10-7-19(15-25(22)40-4)13-14-32-28(36)18-43-31-33-29(20-8-11-23(38-2)26(16-20)41-5)30(34-35-31)21-9-12-24(39-3)27(17-21)42-6/h7-12,15-17H,13-14,18H2,1-6H3,(H,32,36). The highest BCUT2D eigenvalue weighted by atomic mass is 32.2. The van der Waals surface area contributed by atoms with Gasteiger partial charge in [-0.25, -0.2) is 4.98 Å². The molecular formula is C31H34N4O7S. The maximum atomic E-state index is 12.6. The Morgan fingerprint density at radius 2 is 1.16 bits per heavy atom. The van der Waals surface area contributed by atoms with Gasteiger partial charge in [-0.3, -0.25) is 4.79 Å². The summed E-state index contributed by atoms with van der Waals surface area (Å²) < 4.78 is 32.4. The van der Waals surface area contributed by atoms with Gasteiger partial charge in [-0.15, -0.1) is 10.2 Å². The van der Waals surface area contributed by atoms with E-state index in [4.69, 9.17) is 33.4 Å². The van der Waals surface area contributed by atoms with Crippen molar-refractivity contribution in [2.75, 3.05) is 55.0 Å². The maximum Gasteiger partial charge on any atom is 0.230 e. The number of hydrogen-bond donors (Lipinski definition) is 1. The van der Waals surface area contributed by atoms with Crippen LogP contribution in [0.2, 0.25) is 0 Å². The molecule has 3 aromatic carbocycles. The first kappa shape index (κ1) is 31.2. The number of thioether (sulfide) groups is 1. The van der Waals surface area contributed by atoms with Gasteiger partial charge in [-0.05, 0) is 60.5 Å². The molecule has 0 aliphatic heterocycles. The van der Waals surface area contributed by atoms with Crippen LogP contribution in [0.5, 0.6) is 34.5 Å². The fraction of sp³-hybridized carbons (Fsp3) is 0.290. The first-order chi connectivity index (χ1) is 20.9. The smallest absolute Gasteiger partial charge is 0.230 e. The molecule has 0 aliphatic rings. The summed E-state index contributed by atoms with van der Waals surface area (Å²) in [4.78, 5) is 17.4. The van der Waals surface area contributed by atoms with Gasteiger partial charge in [0.05, 0.1) is 48.4 Å². The zero-order valence-corrected chi connectivity index (χ0v) is 25.7. The number of carbonyl (C=O) groups is 1. The summed E-state index contributed by atoms with van der Waals surface area (Å²) in [6.07, 6.45) is 0.637. The van der Waals surface area contributed by atoms with Crippen LogP contribution in [0.15, 0.2) is 59.8 Å². The first-order valence-electron chi connectivity index (χ1n) is 13.2. The van der Waals surface area contributed by atoms with Crippen LogP contribution in [-0.2, 0) is 11.2 Å². The van der Waals surface area contributed by atoms with Crippen molar-refractivity contribution < 1.29 is 33.2 Å². The third-order valence-electron chi connectivity index (χ3n) is 6.50. The molecule has 0 bridgehead atoms. The van der Waals surface area contributed by atoms with Crippen molar-refractivity contribution in [2.24, 2.45) is 0 Å². The maximum absolute atomic E-state index is 12.6. The second-order valence-corrected chi connectivity index (χ2v) is 9.95. The Morgan fingerprint density at radius 1 is 0.651 bits per heavy atom. The summed E-state index contributed by atoms with van der Waals surface area (Å²) in [5, 5.41) is 12.1. The van der Waals surface area contributed by atoms with Crippen LogP contribution in [0.1, 0.15) is 5.56 Å². The van der Waals surface area contributed by atoms with Crippen molar-refractivity contribution in [1.82, 2.24) is 20.5 Å². The molecule has 1 aromatic heterocycles. The molecule has 0 saturated carbocycles. The monoisotopic (exact) mass is 606 g/mol. The van der Waals surface area contributed by atoms with Gasteiger partial charge in [0.25, 0.3) is 0 Å². The minimum absolute atomic E-state index is 0.120. The van der Waals surface area contributed by atoms with E-state index in [2.05, 4.69) is 15.5 Å². The van der Waals surface area contributed by atoms with Gasteiger partial charge in [0, 0.05) is 17.7 Å². The number of rotatable bonds is 14. The largest absolute Gasteiger partial charge is 0.493 e. The van der Waals surface area contributed by atoms with E-state index < -0.39 is 0 Å². The first-order valence-corrected chi connectivity index (χ1v) is 14.2. The molecule has 0 atom stereocenters. The molecule has 0 spiro atoms. The Kier molecular flexibility index (Phi) is 10.9. The highest BCUT2D eigenvalue weighted by Gasteiger charge is 2.18. The summed E-state index contributed by atoms with van der Waals surface area (Å²) >= 11 is 1.20. The van der Waals surface area contributed by atoms with Gasteiger partial charge in [-0.2, -0.15) is 0 Å². The molecular weight excluding hydrogens is 572 g/mol. The van der Waals surface area contributed by atoms with E-state index in [0.717, 1.165) is 16.7 Å². The lowest BCUT2D eigenvalue weighted by molar-refractivity contribution is -0.118. The fourth-order valence-electron chi connectivity index (χ4n) is 4.30. The Hall–Kier alpha value is -4.71. The SMILES string of the molecule is COc1ccc(CCNC(=O)CSc2nnc(-c3ccc(OC)c(OC)c3)c(-c3ccc(OC)c(OC)c3)n2)cc1OC. The van der Waals surface area contributed by atoms with E-state index in [0.29, 0.717) is 64.0 Å². The third-order valence-corrected chi connectivity index (χ3v) is 7.34. The molecule has 0 radical (unpaired) electrons. The van der Waals surface area contributed by atoms with Crippen LogP contribution in [0.3, 0.4) is 0 Å². The van der Waals surface area contributed by atoms with Gasteiger partial charge in [0.2, 0.25) is 11.1 Å². The molecule has 226 valence electrons. The van der Waals surface area contributed by atoms with Gasteiger partial charge >= 0.3 is 0 Å². The number of carbonyl (C=O) groups excluding carboxylic acids is 1. The lowest BCUT2D eigenvalue weighted by Crippen LogP contribution is -2.27. The fourth-order valence-corrected chi connectivity index (χ4v) is 4.92. The molecule has 43 heavy (non-hydrogen) atoms. The van der Waals surface area contributed by atoms with Crippen LogP contribution in [0, 0.1) is 0 Å². The molecule has 1 heterocycles. The van der Waals surface area contributed by atoms with Crippen LogP contribution in [0.4, 0.5) is 0 Å². The predicted molar refractivity (Wildman–Crippen MR) is 164 cm³/mol. The second kappa shape index (κ2) is 15.0. The van der Waals surface area contributed by atoms with Crippen LogP contribution >= 0.6 is 11.8 Å². The molecule has 1 N–H and O–H groups in total. The third kappa shape index (κ3) is 7.58. The Bertz CT molecular complexity index is 1570. The quantitative estimate of drug-likeness (QED) is 0.201. The lowest BCUT2D eigenvalue weighted by Gasteiger charge is -2.14. The number of amides is 1. The van der Waals surface area contributed by atoms with Crippen molar-refractivity contribution in [2.45, 2.75) is 11.6 Å². The highest BCUT2D eigenvalue weighted by Crippen LogP contribution is 2.38. The lowest BCUT2D eigenvalue weighted by atomic mass is 10.0. The van der Waals surface area contributed by atoms with Crippen molar-refractivity contribution in [3.8, 4) is 57.0 Å². The van der Waals surface area contributed by atoms with Crippen molar-refractivity contribution in [1.29, 1.82) is 0 Å². The molecule has 12 heteroatoms. The van der Waals surface area contributed by atoms with Crippen molar-refractivity contribution >= 4 is 17.7 Å². The van der Waals surface area contributed by atoms with Gasteiger partial charge in [0.1, 0.15) is 11.4 Å². The highest BCUT2D eigenvalue weighted by molar-refractivity contribution is 7.99. The number of benzene rings is 3. The van der Waals surface area contributed by atoms with Crippen molar-refractivity contribution in [3.63, 3.8) is 0 Å². The summed E-state index contributed by atoms with van der Waals surface area (Å²) in [5.41, 5.74) is 3.56. The molecule has 0 saturated heterocycles. The topological polar surface area (TPSA) is 123 Å². The zero-order valence-electron chi connectivity index (χ0n) is 24.9. The molecule has 11 nitrogen and oxygen atoms in total. The Morgan fingerprint density at radius 3 is 1.72 bits per heavy atom. The van der Waals surface area contributed by atoms with E-state index in [-0.39, 0.29) is 11.7 Å². The molecule has 4 rings (SSSR count). The summed E-state index contributed by atoms with van der Waals surface area (Å²) in [7, 11) is 9.47. The normalized spacial score (nSPS) is 10.6. The van der Waals surface area contributed by atoms with E-state index in [1.54, 1.807) is 54.8 Å². The minimum atomic E-state index is -0.147. The van der Waals surface area contributed by atoms with Gasteiger partial charge < -0.3 is 33.7 Å². The van der Waals surface area contributed by atoms with Crippen LogP contribution < -0.4 is 33.7 Å². The number of nitrogens with one attached hydrogen (secondary N) is 1. The number of methoxy groups -OCH3 is 6. The minimum Gasteiger partial charge on any atom is -0.493 e. The van der Waals surface area contributed by atoms with E-state index in [9.17, 15) is 4.79 Å². The zero-order chi connectivity index (χ0) is 30.8. The second-order valence-electron chi connectivity index (χ2n) is 9.01. The van der Waals surface area contributed by atoms with Crippen LogP contribution in [-0.4, -0.2) is 76.0 Å². The average Bonchev–Trinajstić information content (AvgIpc) is 3.06. The summed E-state index contributed by atoms with van der Waals surface area (Å²) in [6, 6.07) is 16.6. The summed E-state index contributed by atoms with van der Waals surface area (Å²) in [6.45, 7) is 0.461. The number of ether oxygens (including phenoxy) is 6. The van der Waals surface area contributed by atoms with Gasteiger partial charge in [0.15, 0.2) is 34.5 Å². The molecule has 1 amide bonds. The van der Waals surface area contributed by atoms with E-state index in [1.165, 1.54) is 11.8 Å². The number of aromatic nitrogens is 3. The number of nitrogens with zero attached hydrogens (tertiary/aromatic N) is 3. The van der Waals surface area contributed by atoms with Crippen molar-refractivity contribution in [3.05, 3.63) is 60.2 Å². The average molecular weight is 607 g/mol. The van der Waals surface area contributed by atoms with E-state index >= 15 is 0 Å². The molecule has 0 fully saturated rings. The van der Waals surface area contributed by atoms with Gasteiger partial charge in [-0.1, -0.05) is 17.8 Å². The number of hydrogen-bond acceptors (Lipinski definition) is 11. The van der Waals surface area contributed by atoms with Crippen LogP contribution in [0.25, 0.3) is 22.5 Å².